The summed E-state index contributed by atoms with van der Waals surface area (Å²) in [6.45, 7) is 7.23. The molecule has 0 unspecified atom stereocenters. The van der Waals surface area contributed by atoms with Crippen LogP contribution in [0, 0.1) is 40.4 Å². The van der Waals surface area contributed by atoms with Gasteiger partial charge in [0.25, 0.3) is 6.33 Å². The third-order valence-corrected chi connectivity index (χ3v) is 10.7. The Labute approximate surface area is 186 Å². The lowest BCUT2D eigenvalue weighted by Gasteiger charge is -2.63. The number of nitrogens with zero attached hydrogens (tertiary/aromatic N) is 4. The summed E-state index contributed by atoms with van der Waals surface area (Å²) >= 11 is 0. The first kappa shape index (κ1) is 21.5. The summed E-state index contributed by atoms with van der Waals surface area (Å²) in [5.74, 6) is 3.40. The van der Waals surface area contributed by atoms with Crippen LogP contribution >= 0.6 is 0 Å². The van der Waals surface area contributed by atoms with E-state index in [1.54, 1.807) is 15.8 Å². The van der Waals surface area contributed by atoms with Gasteiger partial charge in [-0.3, -0.25) is 4.79 Å². The van der Waals surface area contributed by atoms with E-state index in [0.717, 1.165) is 31.1 Å². The smallest absolute Gasteiger partial charge is 0.288 e. The third kappa shape index (κ3) is 3.22. The van der Waals surface area contributed by atoms with E-state index in [2.05, 4.69) is 31.1 Å². The van der Waals surface area contributed by atoms with Crippen molar-refractivity contribution in [3.63, 3.8) is 0 Å². The molecule has 4 aliphatic rings. The number of aryl methyl sites for hydroxylation is 1. The molecule has 0 radical (unpaired) electrons. The van der Waals surface area contributed by atoms with E-state index in [9.17, 15) is 9.90 Å². The minimum absolute atomic E-state index is 0.138. The zero-order valence-electron chi connectivity index (χ0n) is 19.9. The minimum Gasteiger partial charge on any atom is -0.390 e. The molecule has 0 aliphatic heterocycles. The summed E-state index contributed by atoms with van der Waals surface area (Å²) in [5, 5.41) is 18.8. The lowest BCUT2D eigenvalue weighted by atomic mass is 9.42. The molecule has 5 rings (SSSR count). The molecule has 6 nitrogen and oxygen atoms in total. The fourth-order valence-electron chi connectivity index (χ4n) is 9.15. The predicted molar refractivity (Wildman–Crippen MR) is 117 cm³/mol. The van der Waals surface area contributed by atoms with Crippen LogP contribution in [-0.2, 0) is 18.4 Å². The van der Waals surface area contributed by atoms with Gasteiger partial charge >= 0.3 is 0 Å². The Morgan fingerprint density at radius 2 is 1.94 bits per heavy atom. The molecule has 31 heavy (non-hydrogen) atoms. The zero-order chi connectivity index (χ0) is 22.0. The lowest BCUT2D eigenvalue weighted by molar-refractivity contribution is -0.757. The summed E-state index contributed by atoms with van der Waals surface area (Å²) in [7, 11) is 1.89. The molecule has 1 N–H and O–H groups in total. The van der Waals surface area contributed by atoms with E-state index >= 15 is 0 Å². The normalized spacial score (nSPS) is 46.8. The van der Waals surface area contributed by atoms with Gasteiger partial charge in [-0.1, -0.05) is 18.6 Å². The quantitative estimate of drug-likeness (QED) is 0.744. The second-order valence-electron chi connectivity index (χ2n) is 12.0. The number of tetrazole rings is 1. The molecule has 6 heteroatoms. The van der Waals surface area contributed by atoms with Crippen LogP contribution in [0.5, 0.6) is 0 Å². The van der Waals surface area contributed by atoms with Gasteiger partial charge in [0.05, 0.1) is 12.6 Å². The fourth-order valence-corrected chi connectivity index (χ4v) is 9.15. The Hall–Kier alpha value is -1.30. The standard InChI is InChI=1S/C25H41N4O2/c1-5-25-13-12-23(2,31)14-17(25)6-7-18-19-8-9-21(24(19,3)11-10-20(18)25)22(30)15-29-27-26-16-28(29)4/h16-21,31H,5-15H2,1-4H3/q+1/t17-,18-,19-,20-,21+,23+,24-,25-/m0/s1. The van der Waals surface area contributed by atoms with Crippen LogP contribution in [0.15, 0.2) is 6.33 Å². The van der Waals surface area contributed by atoms with E-state index in [4.69, 9.17) is 0 Å². The second-order valence-corrected chi connectivity index (χ2v) is 12.0. The Balaban J connectivity index is 1.37. The van der Waals surface area contributed by atoms with Gasteiger partial charge in [0.15, 0.2) is 11.0 Å². The summed E-state index contributed by atoms with van der Waals surface area (Å²) in [5.41, 5.74) is 0.0874. The highest BCUT2D eigenvalue weighted by Crippen LogP contribution is 2.68. The summed E-state index contributed by atoms with van der Waals surface area (Å²) in [6.07, 6.45) is 13.3. The zero-order valence-corrected chi connectivity index (χ0v) is 19.9. The molecule has 0 aromatic carbocycles. The maximum absolute atomic E-state index is 13.4. The van der Waals surface area contributed by atoms with Crippen LogP contribution in [0.1, 0.15) is 85.0 Å². The summed E-state index contributed by atoms with van der Waals surface area (Å²) in [6, 6.07) is 0. The van der Waals surface area contributed by atoms with Gasteiger partial charge in [-0.25, -0.2) is 0 Å². The average molecular weight is 430 g/mol. The van der Waals surface area contributed by atoms with Gasteiger partial charge < -0.3 is 5.11 Å². The van der Waals surface area contributed by atoms with Crippen LogP contribution in [0.4, 0.5) is 0 Å². The Kier molecular flexibility index (Phi) is 5.11. The number of Topliss-reactive ketones (excluding diaryl/α,β-unsaturated/α-hetero) is 1. The monoisotopic (exact) mass is 429 g/mol. The van der Waals surface area contributed by atoms with Crippen LogP contribution in [0.25, 0.3) is 0 Å². The number of aliphatic hydroxyl groups is 1. The van der Waals surface area contributed by atoms with Gasteiger partial charge in [-0.05, 0) is 106 Å². The molecule has 4 aliphatic carbocycles. The summed E-state index contributed by atoms with van der Waals surface area (Å²) in [4.78, 5) is 15.1. The number of fused-ring (bicyclic) bond motifs is 5. The predicted octanol–water partition coefficient (Wildman–Crippen LogP) is 3.47. The van der Waals surface area contributed by atoms with Gasteiger partial charge in [-0.2, -0.15) is 4.68 Å². The van der Waals surface area contributed by atoms with Gasteiger partial charge in [0.1, 0.15) is 11.6 Å². The number of rotatable bonds is 4. The van der Waals surface area contributed by atoms with E-state index in [1.165, 1.54) is 44.9 Å². The number of carbonyl (C=O) groups excluding carboxylic acids is 1. The Morgan fingerprint density at radius 1 is 1.13 bits per heavy atom. The van der Waals surface area contributed by atoms with Gasteiger partial charge in [0.2, 0.25) is 0 Å². The molecule has 4 fully saturated rings. The molecule has 1 aromatic rings. The number of hydrogen-bond acceptors (Lipinski definition) is 4. The van der Waals surface area contributed by atoms with E-state index < -0.39 is 5.60 Å². The molecule has 1 heterocycles. The highest BCUT2D eigenvalue weighted by molar-refractivity contribution is 5.81. The molecule has 4 saturated carbocycles. The van der Waals surface area contributed by atoms with E-state index in [-0.39, 0.29) is 11.3 Å². The van der Waals surface area contributed by atoms with Crippen LogP contribution in [-0.4, -0.2) is 31.6 Å². The molecule has 1 aromatic heterocycles. The first-order valence-electron chi connectivity index (χ1n) is 12.7. The SMILES string of the molecule is CC[C@]12CC[C@@](C)(O)C[C@@H]1CC[C@H]1[C@@H]3CC[C@H](C(=O)Cn4nnc[n+]4C)[C@@]3(C)CC[C@@H]12. The summed E-state index contributed by atoms with van der Waals surface area (Å²) < 4.78 is 1.80. The lowest BCUT2D eigenvalue weighted by Crippen LogP contribution is -2.56. The van der Waals surface area contributed by atoms with Crippen LogP contribution in [0.2, 0.25) is 0 Å². The van der Waals surface area contributed by atoms with Crippen molar-refractivity contribution in [3.05, 3.63) is 6.33 Å². The molecule has 0 amide bonds. The van der Waals surface area contributed by atoms with Crippen molar-refractivity contribution in [2.45, 2.75) is 97.1 Å². The van der Waals surface area contributed by atoms with Crippen molar-refractivity contribution >= 4 is 5.78 Å². The number of ketones is 1. The van der Waals surface area contributed by atoms with Crippen LogP contribution < -0.4 is 4.68 Å². The maximum atomic E-state index is 13.4. The molecule has 0 spiro atoms. The first-order valence-corrected chi connectivity index (χ1v) is 12.7. The van der Waals surface area contributed by atoms with Crippen molar-refractivity contribution in [2.24, 2.45) is 47.5 Å². The molecular formula is C25H41N4O2+. The number of hydrogen-bond donors (Lipinski definition) is 1. The Bertz CT molecular complexity index is 850. The first-order chi connectivity index (χ1) is 14.7. The largest absolute Gasteiger partial charge is 0.390 e. The molecule has 0 saturated heterocycles. The fraction of sp³-hybridized carbons (Fsp3) is 0.920. The third-order valence-electron chi connectivity index (χ3n) is 10.7. The Morgan fingerprint density at radius 3 is 2.65 bits per heavy atom. The average Bonchev–Trinajstić information content (AvgIpc) is 3.29. The molecule has 0 bridgehead atoms. The maximum Gasteiger partial charge on any atom is 0.288 e. The van der Waals surface area contributed by atoms with E-state index in [1.807, 2.05) is 7.05 Å². The minimum atomic E-state index is -0.471. The number of carbonyl (C=O) groups is 1. The van der Waals surface area contributed by atoms with Crippen molar-refractivity contribution in [1.82, 2.24) is 15.1 Å². The van der Waals surface area contributed by atoms with Crippen molar-refractivity contribution in [3.8, 4) is 0 Å². The highest BCUT2D eigenvalue weighted by Gasteiger charge is 2.62. The highest BCUT2D eigenvalue weighted by atomic mass is 16.3. The topological polar surface area (TPSA) is 71.9 Å². The van der Waals surface area contributed by atoms with Gasteiger partial charge in [-0.15, -0.1) is 0 Å². The van der Waals surface area contributed by atoms with Crippen molar-refractivity contribution in [2.75, 3.05) is 0 Å². The second kappa shape index (κ2) is 7.36. The van der Waals surface area contributed by atoms with Crippen molar-refractivity contribution < 1.29 is 14.6 Å². The number of aromatic nitrogens is 4. The van der Waals surface area contributed by atoms with Crippen LogP contribution in [0.3, 0.4) is 0 Å². The molecule has 172 valence electrons. The van der Waals surface area contributed by atoms with E-state index in [0.29, 0.717) is 29.6 Å². The molecular weight excluding hydrogens is 388 g/mol. The molecule has 8 atom stereocenters. The van der Waals surface area contributed by atoms with Crippen molar-refractivity contribution in [1.29, 1.82) is 0 Å². The van der Waals surface area contributed by atoms with Gasteiger partial charge in [0, 0.05) is 5.92 Å².